The summed E-state index contributed by atoms with van der Waals surface area (Å²) in [6.45, 7) is 1.01. The molecule has 23 heavy (non-hydrogen) atoms. The third-order valence-electron chi connectivity index (χ3n) is 4.27. The lowest BCUT2D eigenvalue weighted by atomic mass is 10.2. The first kappa shape index (κ1) is 14.3. The molecule has 1 aliphatic carbocycles. The van der Waals surface area contributed by atoms with Gasteiger partial charge in [0.25, 0.3) is 11.8 Å². The monoisotopic (exact) mass is 323 g/mol. The van der Waals surface area contributed by atoms with Crippen molar-refractivity contribution in [1.29, 1.82) is 0 Å². The largest absolute Gasteiger partial charge is 0.459 e. The molecule has 4 rings (SSSR count). The number of alkyl halides is 2. The van der Waals surface area contributed by atoms with Crippen LogP contribution in [0.2, 0.25) is 0 Å². The molecule has 0 unspecified atom stereocenters. The van der Waals surface area contributed by atoms with Gasteiger partial charge >= 0.3 is 0 Å². The highest BCUT2D eigenvalue weighted by atomic mass is 19.3. The van der Waals surface area contributed by atoms with Crippen LogP contribution < -0.4 is 0 Å². The summed E-state index contributed by atoms with van der Waals surface area (Å²) in [7, 11) is 0. The van der Waals surface area contributed by atoms with Gasteiger partial charge < -0.3 is 13.8 Å². The summed E-state index contributed by atoms with van der Waals surface area (Å²) in [5.41, 5.74) is 0.605. The Morgan fingerprint density at radius 3 is 2.87 bits per heavy atom. The smallest absolute Gasteiger partial charge is 0.290 e. The van der Waals surface area contributed by atoms with E-state index in [0.717, 1.165) is 17.7 Å². The number of furan rings is 1. The van der Waals surface area contributed by atoms with E-state index in [1.165, 1.54) is 6.26 Å². The molecule has 1 saturated heterocycles. The van der Waals surface area contributed by atoms with Gasteiger partial charge in [0.05, 0.1) is 12.8 Å². The number of halogens is 2. The van der Waals surface area contributed by atoms with Crippen molar-refractivity contribution in [3.63, 3.8) is 0 Å². The molecule has 3 heterocycles. The summed E-state index contributed by atoms with van der Waals surface area (Å²) in [6, 6.07) is 0.691. The summed E-state index contributed by atoms with van der Waals surface area (Å²) in [5, 5.41) is 3.85. The molecule has 0 bridgehead atoms. The van der Waals surface area contributed by atoms with Crippen LogP contribution in [0.15, 0.2) is 21.3 Å². The van der Waals surface area contributed by atoms with Gasteiger partial charge in [-0.2, -0.15) is 4.98 Å². The Morgan fingerprint density at radius 1 is 1.43 bits per heavy atom. The number of aryl methyl sites for hydroxylation is 1. The Balaban J connectivity index is 1.65. The van der Waals surface area contributed by atoms with Gasteiger partial charge in [0.1, 0.15) is 6.04 Å². The number of nitrogens with zero attached hydrogens (tertiary/aromatic N) is 3. The zero-order valence-corrected chi connectivity index (χ0v) is 12.5. The predicted molar refractivity (Wildman–Crippen MR) is 73.1 cm³/mol. The van der Waals surface area contributed by atoms with Crippen molar-refractivity contribution in [2.45, 2.75) is 44.1 Å². The Morgan fingerprint density at radius 2 is 2.22 bits per heavy atom. The Labute approximate surface area is 130 Å². The van der Waals surface area contributed by atoms with Crippen LogP contribution in [0, 0.1) is 6.92 Å². The molecule has 1 saturated carbocycles. The molecule has 122 valence electrons. The number of hydrogen-bond acceptors (Lipinski definition) is 5. The summed E-state index contributed by atoms with van der Waals surface area (Å²) in [5.74, 6) is -2.64. The van der Waals surface area contributed by atoms with E-state index >= 15 is 0 Å². The summed E-state index contributed by atoms with van der Waals surface area (Å²) in [4.78, 5) is 17.8. The third-order valence-corrected chi connectivity index (χ3v) is 4.27. The van der Waals surface area contributed by atoms with Gasteiger partial charge in [-0.05, 0) is 25.8 Å². The number of rotatable bonds is 3. The SMILES string of the molecule is Cc1ccoc1C(=O)N1CC(F)(F)C[C@H]1c1nc(C2CC2)no1. The third kappa shape index (κ3) is 2.51. The van der Waals surface area contributed by atoms with E-state index in [4.69, 9.17) is 8.94 Å². The quantitative estimate of drug-likeness (QED) is 0.868. The molecule has 1 atom stereocenters. The van der Waals surface area contributed by atoms with Crippen LogP contribution in [0.5, 0.6) is 0 Å². The fourth-order valence-corrected chi connectivity index (χ4v) is 2.86. The predicted octanol–water partition coefficient (Wildman–Crippen LogP) is 3.07. The molecule has 2 aliphatic rings. The van der Waals surface area contributed by atoms with Gasteiger partial charge in [-0.15, -0.1) is 0 Å². The number of likely N-dealkylation sites (tertiary alicyclic amines) is 1. The minimum atomic E-state index is -2.99. The van der Waals surface area contributed by atoms with E-state index in [2.05, 4.69) is 10.1 Å². The van der Waals surface area contributed by atoms with Crippen molar-refractivity contribution in [2.24, 2.45) is 0 Å². The van der Waals surface area contributed by atoms with Gasteiger partial charge in [-0.25, -0.2) is 8.78 Å². The summed E-state index contributed by atoms with van der Waals surface area (Å²) >= 11 is 0. The number of hydrogen-bond donors (Lipinski definition) is 0. The maximum absolute atomic E-state index is 13.9. The highest BCUT2D eigenvalue weighted by Gasteiger charge is 2.50. The lowest BCUT2D eigenvalue weighted by Crippen LogP contribution is -2.33. The number of aromatic nitrogens is 2. The average molecular weight is 323 g/mol. The van der Waals surface area contributed by atoms with Crippen LogP contribution in [0.4, 0.5) is 8.78 Å². The normalized spacial score (nSPS) is 23.4. The first-order valence-electron chi connectivity index (χ1n) is 7.51. The molecule has 0 N–H and O–H groups in total. The molecular weight excluding hydrogens is 308 g/mol. The van der Waals surface area contributed by atoms with Crippen LogP contribution >= 0.6 is 0 Å². The van der Waals surface area contributed by atoms with Crippen molar-refractivity contribution in [1.82, 2.24) is 15.0 Å². The molecule has 0 aromatic carbocycles. The van der Waals surface area contributed by atoms with E-state index in [1.807, 2.05) is 0 Å². The maximum atomic E-state index is 13.9. The van der Waals surface area contributed by atoms with Gasteiger partial charge in [0.15, 0.2) is 11.6 Å². The molecule has 6 nitrogen and oxygen atoms in total. The number of carbonyl (C=O) groups excluding carboxylic acids is 1. The van der Waals surface area contributed by atoms with Crippen LogP contribution in [-0.4, -0.2) is 33.4 Å². The first-order chi connectivity index (χ1) is 10.9. The van der Waals surface area contributed by atoms with Gasteiger partial charge in [-0.3, -0.25) is 4.79 Å². The second-order valence-corrected chi connectivity index (χ2v) is 6.21. The van der Waals surface area contributed by atoms with Crippen molar-refractivity contribution in [3.05, 3.63) is 35.4 Å². The Kier molecular flexibility index (Phi) is 3.04. The van der Waals surface area contributed by atoms with Crippen LogP contribution in [0.1, 0.15) is 59.1 Å². The van der Waals surface area contributed by atoms with Gasteiger partial charge in [0.2, 0.25) is 5.89 Å². The highest BCUT2D eigenvalue weighted by molar-refractivity contribution is 5.93. The van der Waals surface area contributed by atoms with Crippen molar-refractivity contribution >= 4 is 5.91 Å². The molecule has 8 heteroatoms. The second kappa shape index (κ2) is 4.87. The number of amides is 1. The second-order valence-electron chi connectivity index (χ2n) is 6.21. The summed E-state index contributed by atoms with van der Waals surface area (Å²) < 4.78 is 38.1. The molecular formula is C15H15F2N3O3. The fourth-order valence-electron chi connectivity index (χ4n) is 2.86. The van der Waals surface area contributed by atoms with Crippen molar-refractivity contribution < 1.29 is 22.5 Å². The van der Waals surface area contributed by atoms with Crippen LogP contribution in [0.3, 0.4) is 0 Å². The molecule has 2 aromatic rings. The zero-order valence-electron chi connectivity index (χ0n) is 12.5. The molecule has 0 radical (unpaired) electrons. The molecule has 2 aromatic heterocycles. The van der Waals surface area contributed by atoms with E-state index < -0.39 is 30.8 Å². The Hall–Kier alpha value is -2.25. The Bertz CT molecular complexity index is 751. The van der Waals surface area contributed by atoms with E-state index in [0.29, 0.717) is 11.4 Å². The lowest BCUT2D eigenvalue weighted by Gasteiger charge is -2.20. The van der Waals surface area contributed by atoms with Crippen molar-refractivity contribution in [3.8, 4) is 0 Å². The topological polar surface area (TPSA) is 72.4 Å². The standard InChI is InChI=1S/C15H15F2N3O3/c1-8-4-5-22-11(8)14(21)20-7-15(16,17)6-10(20)13-18-12(19-23-13)9-2-3-9/h4-5,9-10H,2-3,6-7H2,1H3/t10-/m0/s1. The van der Waals surface area contributed by atoms with Crippen LogP contribution in [-0.2, 0) is 0 Å². The van der Waals surface area contributed by atoms with Crippen LogP contribution in [0.25, 0.3) is 0 Å². The lowest BCUT2D eigenvalue weighted by molar-refractivity contribution is 0.0113. The molecule has 2 fully saturated rings. The minimum Gasteiger partial charge on any atom is -0.459 e. The summed E-state index contributed by atoms with van der Waals surface area (Å²) in [6.07, 6.45) is 2.80. The zero-order chi connectivity index (χ0) is 16.2. The van der Waals surface area contributed by atoms with E-state index in [9.17, 15) is 13.6 Å². The highest BCUT2D eigenvalue weighted by Crippen LogP contribution is 2.43. The molecule has 1 aliphatic heterocycles. The van der Waals surface area contributed by atoms with Crippen molar-refractivity contribution in [2.75, 3.05) is 6.54 Å². The minimum absolute atomic E-state index is 0.0645. The van der Waals surface area contributed by atoms with E-state index in [-0.39, 0.29) is 17.6 Å². The maximum Gasteiger partial charge on any atom is 0.290 e. The molecule has 0 spiro atoms. The van der Waals surface area contributed by atoms with Gasteiger partial charge in [0, 0.05) is 17.9 Å². The first-order valence-corrected chi connectivity index (χ1v) is 7.51. The fraction of sp³-hybridized carbons (Fsp3) is 0.533. The average Bonchev–Trinajstić information content (AvgIpc) is 2.94. The molecule has 1 amide bonds. The van der Waals surface area contributed by atoms with E-state index in [1.54, 1.807) is 13.0 Å². The van der Waals surface area contributed by atoms with Gasteiger partial charge in [-0.1, -0.05) is 5.16 Å². The number of carbonyl (C=O) groups is 1.